The molecule has 0 bridgehead atoms. The topological polar surface area (TPSA) is 53.0 Å². The molecule has 2 heterocycles. The highest BCUT2D eigenvalue weighted by Gasteiger charge is 2.33. The molecule has 1 amide bonds. The summed E-state index contributed by atoms with van der Waals surface area (Å²) in [5.41, 5.74) is 5.69. The number of amides is 1. The van der Waals surface area contributed by atoms with Crippen LogP contribution in [0.1, 0.15) is 29.2 Å². The summed E-state index contributed by atoms with van der Waals surface area (Å²) in [5, 5.41) is 10.7. The molecule has 5 heteroatoms. The minimum absolute atomic E-state index is 0.0320. The Bertz CT molecular complexity index is 1090. The molecular formula is C26H28N2O3. The van der Waals surface area contributed by atoms with Crippen molar-refractivity contribution < 1.29 is 14.6 Å². The Balaban J connectivity index is 1.78. The lowest BCUT2D eigenvalue weighted by Gasteiger charge is -2.39. The lowest BCUT2D eigenvalue weighted by Crippen LogP contribution is -2.55. The average molecular weight is 417 g/mol. The van der Waals surface area contributed by atoms with Crippen molar-refractivity contribution in [3.63, 3.8) is 0 Å². The summed E-state index contributed by atoms with van der Waals surface area (Å²) in [6.07, 6.45) is 1.38. The van der Waals surface area contributed by atoms with Gasteiger partial charge in [0, 0.05) is 54.0 Å². The molecule has 0 unspecified atom stereocenters. The maximum Gasteiger partial charge on any atom is 0.246 e. The number of carbonyl (C=O) groups excluding carboxylic acids is 1. The van der Waals surface area contributed by atoms with Crippen LogP contribution >= 0.6 is 0 Å². The number of nitrogens with zero attached hydrogens (tertiary/aromatic N) is 2. The van der Waals surface area contributed by atoms with Gasteiger partial charge in [0.2, 0.25) is 5.91 Å². The number of aryl methyl sites for hydroxylation is 1. The standard InChI is InChI=1S/C26H28N2O3/c1-5-8-19-13-20-14-27-11-12-28(23(30)6-2)15-21(27)16-31-26(20)18(4)25(19)24-17(3)9-7-10-22(24)29/h6-7,9-10,13,21,29H,2,11-12,14-16H2,1,3-4H3/t21-/m1/s1. The number of hydrogen-bond acceptors (Lipinski definition) is 4. The second kappa shape index (κ2) is 8.49. The molecule has 31 heavy (non-hydrogen) atoms. The first-order valence-electron chi connectivity index (χ1n) is 10.6. The van der Waals surface area contributed by atoms with Gasteiger partial charge in [-0.05, 0) is 44.5 Å². The van der Waals surface area contributed by atoms with E-state index in [1.54, 1.807) is 6.07 Å². The van der Waals surface area contributed by atoms with Gasteiger partial charge in [-0.2, -0.15) is 0 Å². The van der Waals surface area contributed by atoms with Gasteiger partial charge in [-0.3, -0.25) is 9.69 Å². The van der Waals surface area contributed by atoms with E-state index in [0.29, 0.717) is 19.7 Å². The fourth-order valence-corrected chi connectivity index (χ4v) is 4.71. The molecule has 2 aromatic rings. The number of rotatable bonds is 2. The largest absolute Gasteiger partial charge is 0.507 e. The van der Waals surface area contributed by atoms with Crippen molar-refractivity contribution in [1.82, 2.24) is 9.80 Å². The van der Waals surface area contributed by atoms with Gasteiger partial charge in [0.05, 0.1) is 6.04 Å². The molecule has 2 aromatic carbocycles. The summed E-state index contributed by atoms with van der Waals surface area (Å²) < 4.78 is 6.35. The quantitative estimate of drug-likeness (QED) is 0.600. The number of aromatic hydroxyl groups is 1. The number of phenols is 1. The van der Waals surface area contributed by atoms with Gasteiger partial charge in [-0.1, -0.05) is 24.6 Å². The number of fused-ring (bicyclic) bond motifs is 2. The van der Waals surface area contributed by atoms with Crippen molar-refractivity contribution in [2.45, 2.75) is 33.4 Å². The SMILES string of the molecule is C=CC(=O)N1CCN2Cc3cc(C#CC)c(-c4c(C)cccc4O)c(C)c3OC[C@H]2C1. The monoisotopic (exact) mass is 416 g/mol. The maximum absolute atomic E-state index is 12.1. The highest BCUT2D eigenvalue weighted by atomic mass is 16.5. The second-order valence-corrected chi connectivity index (χ2v) is 8.18. The molecule has 160 valence electrons. The van der Waals surface area contributed by atoms with E-state index in [2.05, 4.69) is 29.4 Å². The van der Waals surface area contributed by atoms with Crippen molar-refractivity contribution in [2.75, 3.05) is 26.2 Å². The van der Waals surface area contributed by atoms with Crippen molar-refractivity contribution in [1.29, 1.82) is 0 Å². The molecule has 2 aliphatic heterocycles. The Kier molecular flexibility index (Phi) is 5.75. The fourth-order valence-electron chi connectivity index (χ4n) is 4.71. The van der Waals surface area contributed by atoms with Gasteiger partial charge >= 0.3 is 0 Å². The lowest BCUT2D eigenvalue weighted by atomic mass is 9.89. The summed E-state index contributed by atoms with van der Waals surface area (Å²) in [6.45, 7) is 12.8. The minimum atomic E-state index is -0.0320. The molecular weight excluding hydrogens is 388 g/mol. The Morgan fingerprint density at radius 1 is 1.29 bits per heavy atom. The number of phenolic OH excluding ortho intramolecular Hbond substituents is 1. The third-order valence-electron chi connectivity index (χ3n) is 6.24. The van der Waals surface area contributed by atoms with Crippen LogP contribution in [-0.4, -0.2) is 53.1 Å². The number of piperazine rings is 1. The van der Waals surface area contributed by atoms with E-state index >= 15 is 0 Å². The molecule has 0 saturated carbocycles. The van der Waals surface area contributed by atoms with E-state index in [-0.39, 0.29) is 17.7 Å². The number of ether oxygens (including phenoxy) is 1. The summed E-state index contributed by atoms with van der Waals surface area (Å²) in [5.74, 6) is 7.33. The molecule has 0 radical (unpaired) electrons. The predicted molar refractivity (Wildman–Crippen MR) is 122 cm³/mol. The van der Waals surface area contributed by atoms with Crippen molar-refractivity contribution in [2.24, 2.45) is 0 Å². The van der Waals surface area contributed by atoms with Crippen LogP contribution in [0.3, 0.4) is 0 Å². The summed E-state index contributed by atoms with van der Waals surface area (Å²) in [6, 6.07) is 7.78. The van der Waals surface area contributed by atoms with E-state index in [0.717, 1.165) is 52.2 Å². The Morgan fingerprint density at radius 3 is 2.81 bits per heavy atom. The zero-order valence-corrected chi connectivity index (χ0v) is 18.4. The normalized spacial score (nSPS) is 18.0. The van der Waals surface area contributed by atoms with Gasteiger partial charge in [0.1, 0.15) is 18.1 Å². The molecule has 0 spiro atoms. The third-order valence-corrected chi connectivity index (χ3v) is 6.24. The summed E-state index contributed by atoms with van der Waals surface area (Å²) in [4.78, 5) is 16.3. The van der Waals surface area contributed by atoms with E-state index in [4.69, 9.17) is 4.74 Å². The van der Waals surface area contributed by atoms with Crippen molar-refractivity contribution in [3.8, 4) is 34.5 Å². The zero-order chi connectivity index (χ0) is 22.1. The molecule has 5 nitrogen and oxygen atoms in total. The molecule has 1 N–H and O–H groups in total. The molecule has 2 aliphatic rings. The molecule has 1 fully saturated rings. The highest BCUT2D eigenvalue weighted by molar-refractivity contribution is 5.87. The Morgan fingerprint density at radius 2 is 2.10 bits per heavy atom. The van der Waals surface area contributed by atoms with E-state index in [9.17, 15) is 9.90 Å². The lowest BCUT2D eigenvalue weighted by molar-refractivity contribution is -0.129. The van der Waals surface area contributed by atoms with Gasteiger partial charge in [0.25, 0.3) is 0 Å². The zero-order valence-electron chi connectivity index (χ0n) is 18.4. The van der Waals surface area contributed by atoms with Crippen LogP contribution in [0.4, 0.5) is 0 Å². The second-order valence-electron chi connectivity index (χ2n) is 8.18. The smallest absolute Gasteiger partial charge is 0.246 e. The Hall–Kier alpha value is -3.23. The van der Waals surface area contributed by atoms with Gasteiger partial charge in [0.15, 0.2) is 0 Å². The number of hydrogen-bond donors (Lipinski definition) is 1. The van der Waals surface area contributed by atoms with E-state index < -0.39 is 0 Å². The number of carbonyl (C=O) groups is 1. The first kappa shape index (κ1) is 21.0. The molecule has 0 aromatic heterocycles. The summed E-state index contributed by atoms with van der Waals surface area (Å²) >= 11 is 0. The Labute approximate surface area is 183 Å². The van der Waals surface area contributed by atoms with E-state index in [1.807, 2.05) is 37.8 Å². The average Bonchev–Trinajstić information content (AvgIpc) is 2.94. The van der Waals surface area contributed by atoms with Crippen LogP contribution in [0, 0.1) is 25.7 Å². The van der Waals surface area contributed by atoms with Crippen LogP contribution in [0.2, 0.25) is 0 Å². The van der Waals surface area contributed by atoms with Crippen molar-refractivity contribution in [3.05, 3.63) is 59.2 Å². The molecule has 1 saturated heterocycles. The third kappa shape index (κ3) is 3.80. The molecule has 1 atom stereocenters. The van der Waals surface area contributed by atoms with Crippen molar-refractivity contribution >= 4 is 5.91 Å². The highest BCUT2D eigenvalue weighted by Crippen LogP contribution is 2.42. The maximum atomic E-state index is 12.1. The van der Waals surface area contributed by atoms with Crippen LogP contribution in [0.15, 0.2) is 36.9 Å². The summed E-state index contributed by atoms with van der Waals surface area (Å²) in [7, 11) is 0. The molecule has 0 aliphatic carbocycles. The first-order valence-corrected chi connectivity index (χ1v) is 10.6. The minimum Gasteiger partial charge on any atom is -0.507 e. The van der Waals surface area contributed by atoms with Gasteiger partial charge in [-0.15, -0.1) is 5.92 Å². The first-order chi connectivity index (χ1) is 14.9. The van der Waals surface area contributed by atoms with E-state index in [1.165, 1.54) is 6.08 Å². The molecule has 4 rings (SSSR count). The number of benzene rings is 2. The van der Waals surface area contributed by atoms with Crippen LogP contribution in [0.5, 0.6) is 11.5 Å². The fraction of sp³-hybridized carbons (Fsp3) is 0.346. The van der Waals surface area contributed by atoms with Crippen LogP contribution in [0.25, 0.3) is 11.1 Å². The predicted octanol–water partition coefficient (Wildman–Crippen LogP) is 3.64. The van der Waals surface area contributed by atoms with Crippen LogP contribution < -0.4 is 4.74 Å². The van der Waals surface area contributed by atoms with Crippen LogP contribution in [-0.2, 0) is 11.3 Å². The van der Waals surface area contributed by atoms with Gasteiger partial charge < -0.3 is 14.7 Å². The van der Waals surface area contributed by atoms with Gasteiger partial charge in [-0.25, -0.2) is 0 Å².